The highest BCUT2D eigenvalue weighted by Gasteiger charge is 2.32. The molecule has 18 heavy (non-hydrogen) atoms. The number of aliphatic hydroxyl groups is 2. The molecule has 1 aromatic carbocycles. The fraction of sp³-hybridized carbons (Fsp3) is 0.600. The van der Waals surface area contributed by atoms with E-state index in [9.17, 15) is 10.2 Å². The number of aliphatic hydroxyl groups excluding tert-OH is 2. The zero-order chi connectivity index (χ0) is 13.0. The van der Waals surface area contributed by atoms with E-state index in [0.717, 1.165) is 31.2 Å². The van der Waals surface area contributed by atoms with Crippen LogP contribution in [0, 0.1) is 0 Å². The fourth-order valence-corrected chi connectivity index (χ4v) is 2.72. The van der Waals surface area contributed by atoms with E-state index in [1.54, 1.807) is 0 Å². The Balaban J connectivity index is 2.12. The van der Waals surface area contributed by atoms with E-state index in [1.807, 2.05) is 37.3 Å². The molecular formula is C15H23NO2. The molecule has 100 valence electrons. The highest BCUT2D eigenvalue weighted by molar-refractivity contribution is 5.24. The lowest BCUT2D eigenvalue weighted by Crippen LogP contribution is -2.53. The Labute approximate surface area is 109 Å². The van der Waals surface area contributed by atoms with E-state index < -0.39 is 5.54 Å². The van der Waals surface area contributed by atoms with Gasteiger partial charge in [-0.25, -0.2) is 0 Å². The second kappa shape index (κ2) is 5.83. The van der Waals surface area contributed by atoms with Crippen LogP contribution < -0.4 is 5.32 Å². The Morgan fingerprint density at radius 1 is 1.22 bits per heavy atom. The summed E-state index contributed by atoms with van der Waals surface area (Å²) in [5.41, 5.74) is 0.579. The Morgan fingerprint density at radius 3 is 2.50 bits per heavy atom. The lowest BCUT2D eigenvalue weighted by molar-refractivity contribution is 0.0585. The van der Waals surface area contributed by atoms with Gasteiger partial charge in [0.25, 0.3) is 0 Å². The van der Waals surface area contributed by atoms with E-state index in [2.05, 4.69) is 5.32 Å². The summed E-state index contributed by atoms with van der Waals surface area (Å²) in [6.45, 7) is 2.02. The highest BCUT2D eigenvalue weighted by Crippen LogP contribution is 2.25. The van der Waals surface area contributed by atoms with Crippen LogP contribution in [-0.4, -0.2) is 29.0 Å². The summed E-state index contributed by atoms with van der Waals surface area (Å²) in [6.07, 6.45) is 3.77. The maximum atomic E-state index is 10.0. The summed E-state index contributed by atoms with van der Waals surface area (Å²) in [5.74, 6) is 0. The largest absolute Gasteiger partial charge is 0.394 e. The van der Waals surface area contributed by atoms with Crippen LogP contribution in [0.2, 0.25) is 0 Å². The normalized spacial score (nSPS) is 27.7. The molecule has 0 radical (unpaired) electrons. The quantitative estimate of drug-likeness (QED) is 0.762. The summed E-state index contributed by atoms with van der Waals surface area (Å²) in [5, 5.41) is 23.2. The molecule has 1 aliphatic rings. The van der Waals surface area contributed by atoms with Crippen LogP contribution in [0.5, 0.6) is 0 Å². The van der Waals surface area contributed by atoms with Crippen LogP contribution in [0.25, 0.3) is 0 Å². The molecule has 1 fully saturated rings. The molecule has 0 aliphatic heterocycles. The Kier molecular flexibility index (Phi) is 4.38. The predicted molar refractivity (Wildman–Crippen MR) is 72.3 cm³/mol. The molecule has 1 aromatic rings. The first-order chi connectivity index (χ1) is 8.65. The number of hydrogen-bond donors (Lipinski definition) is 3. The zero-order valence-electron chi connectivity index (χ0n) is 11.0. The summed E-state index contributed by atoms with van der Waals surface area (Å²) >= 11 is 0. The highest BCUT2D eigenvalue weighted by atomic mass is 16.3. The standard InChI is InChI=1S/C15H23NO2/c1-15(11-17,12-7-3-2-4-8-12)16-13-9-5-6-10-14(13)18/h2-4,7-8,13-14,16-18H,5-6,9-11H2,1H3. The van der Waals surface area contributed by atoms with Crippen molar-refractivity contribution in [3.05, 3.63) is 35.9 Å². The maximum absolute atomic E-state index is 10.0. The van der Waals surface area contributed by atoms with E-state index in [-0.39, 0.29) is 18.8 Å². The minimum Gasteiger partial charge on any atom is -0.394 e. The van der Waals surface area contributed by atoms with Crippen molar-refractivity contribution in [3.63, 3.8) is 0 Å². The molecule has 1 saturated carbocycles. The smallest absolute Gasteiger partial charge is 0.0693 e. The molecule has 0 heterocycles. The first-order valence-electron chi connectivity index (χ1n) is 6.78. The molecule has 0 saturated heterocycles. The molecule has 3 heteroatoms. The molecule has 3 atom stereocenters. The molecule has 1 aliphatic carbocycles. The Hall–Kier alpha value is -0.900. The van der Waals surface area contributed by atoms with Gasteiger partial charge in [0.2, 0.25) is 0 Å². The monoisotopic (exact) mass is 249 g/mol. The maximum Gasteiger partial charge on any atom is 0.0693 e. The van der Waals surface area contributed by atoms with E-state index in [0.29, 0.717) is 0 Å². The van der Waals surface area contributed by atoms with Crippen molar-refractivity contribution in [2.24, 2.45) is 0 Å². The van der Waals surface area contributed by atoms with Gasteiger partial charge in [-0.3, -0.25) is 0 Å². The van der Waals surface area contributed by atoms with Crippen molar-refractivity contribution in [1.29, 1.82) is 0 Å². The molecule has 3 N–H and O–H groups in total. The van der Waals surface area contributed by atoms with Gasteiger partial charge in [0.1, 0.15) is 0 Å². The van der Waals surface area contributed by atoms with Crippen molar-refractivity contribution < 1.29 is 10.2 Å². The number of benzene rings is 1. The van der Waals surface area contributed by atoms with Crippen molar-refractivity contribution in [2.75, 3.05) is 6.61 Å². The third-order valence-electron chi connectivity index (χ3n) is 3.96. The summed E-state index contributed by atoms with van der Waals surface area (Å²) < 4.78 is 0. The average molecular weight is 249 g/mol. The summed E-state index contributed by atoms with van der Waals surface area (Å²) in [4.78, 5) is 0. The van der Waals surface area contributed by atoms with Crippen LogP contribution in [0.4, 0.5) is 0 Å². The van der Waals surface area contributed by atoms with Crippen LogP contribution >= 0.6 is 0 Å². The summed E-state index contributed by atoms with van der Waals surface area (Å²) in [7, 11) is 0. The van der Waals surface area contributed by atoms with Gasteiger partial charge >= 0.3 is 0 Å². The Morgan fingerprint density at radius 2 is 1.89 bits per heavy atom. The van der Waals surface area contributed by atoms with Crippen molar-refractivity contribution in [1.82, 2.24) is 5.32 Å². The van der Waals surface area contributed by atoms with Gasteiger partial charge in [0.15, 0.2) is 0 Å². The second-order valence-corrected chi connectivity index (χ2v) is 5.46. The molecule has 0 amide bonds. The SMILES string of the molecule is CC(CO)(NC1CCCCC1O)c1ccccc1. The minimum atomic E-state index is -0.482. The van der Waals surface area contributed by atoms with Crippen molar-refractivity contribution in [2.45, 2.75) is 50.3 Å². The van der Waals surface area contributed by atoms with Gasteiger partial charge < -0.3 is 15.5 Å². The third kappa shape index (κ3) is 2.91. The second-order valence-electron chi connectivity index (χ2n) is 5.46. The van der Waals surface area contributed by atoms with Gasteiger partial charge in [-0.05, 0) is 25.3 Å². The fourth-order valence-electron chi connectivity index (χ4n) is 2.72. The van der Waals surface area contributed by atoms with Gasteiger partial charge in [-0.2, -0.15) is 0 Å². The van der Waals surface area contributed by atoms with Crippen LogP contribution in [-0.2, 0) is 5.54 Å². The molecular weight excluding hydrogens is 226 g/mol. The number of nitrogens with one attached hydrogen (secondary N) is 1. The van der Waals surface area contributed by atoms with E-state index in [4.69, 9.17) is 0 Å². The van der Waals surface area contributed by atoms with Crippen LogP contribution in [0.1, 0.15) is 38.2 Å². The molecule has 0 spiro atoms. The molecule has 2 rings (SSSR count). The van der Waals surface area contributed by atoms with Crippen molar-refractivity contribution >= 4 is 0 Å². The van der Waals surface area contributed by atoms with Crippen LogP contribution in [0.15, 0.2) is 30.3 Å². The van der Waals surface area contributed by atoms with Crippen molar-refractivity contribution in [3.8, 4) is 0 Å². The minimum absolute atomic E-state index is 0.0280. The van der Waals surface area contributed by atoms with Crippen LogP contribution in [0.3, 0.4) is 0 Å². The number of rotatable bonds is 4. The molecule has 3 unspecified atom stereocenters. The number of hydrogen-bond acceptors (Lipinski definition) is 3. The average Bonchev–Trinajstić information content (AvgIpc) is 2.42. The van der Waals surface area contributed by atoms with E-state index >= 15 is 0 Å². The molecule has 0 aromatic heterocycles. The topological polar surface area (TPSA) is 52.5 Å². The van der Waals surface area contributed by atoms with E-state index in [1.165, 1.54) is 0 Å². The van der Waals surface area contributed by atoms with Gasteiger partial charge in [0, 0.05) is 6.04 Å². The van der Waals surface area contributed by atoms with Gasteiger partial charge in [-0.15, -0.1) is 0 Å². The first kappa shape index (κ1) is 13.5. The lowest BCUT2D eigenvalue weighted by atomic mass is 9.87. The predicted octanol–water partition coefficient (Wildman–Crippen LogP) is 1.79. The first-order valence-corrected chi connectivity index (χ1v) is 6.78. The third-order valence-corrected chi connectivity index (χ3v) is 3.96. The Bertz CT molecular complexity index is 368. The molecule has 3 nitrogen and oxygen atoms in total. The van der Waals surface area contributed by atoms with Gasteiger partial charge in [-0.1, -0.05) is 43.2 Å². The molecule has 0 bridgehead atoms. The zero-order valence-corrected chi connectivity index (χ0v) is 11.0. The van der Waals surface area contributed by atoms with Gasteiger partial charge in [0.05, 0.1) is 18.2 Å². The lowest BCUT2D eigenvalue weighted by Gasteiger charge is -2.38. The summed E-state index contributed by atoms with van der Waals surface area (Å²) in [6, 6.07) is 10.0.